The molecule has 0 atom stereocenters. The number of benzene rings is 2. The van der Waals surface area contributed by atoms with Crippen molar-refractivity contribution in [1.82, 2.24) is 0 Å². The first-order chi connectivity index (χ1) is 11.8. The molecule has 2 aromatic carbocycles. The lowest BCUT2D eigenvalue weighted by Gasteiger charge is -2.12. The topological polar surface area (TPSA) is 0 Å². The Kier molecular flexibility index (Phi) is 8.66. The summed E-state index contributed by atoms with van der Waals surface area (Å²) in [5, 5.41) is 0. The molecule has 0 aliphatic carbocycles. The summed E-state index contributed by atoms with van der Waals surface area (Å²) in [7, 11) is 0. The summed E-state index contributed by atoms with van der Waals surface area (Å²) in [5.41, 5.74) is 6.00. The van der Waals surface area contributed by atoms with E-state index in [1.54, 1.807) is 5.56 Å². The molecule has 2 rings (SSSR count). The maximum atomic E-state index is 3.52. The van der Waals surface area contributed by atoms with Crippen LogP contribution in [0.1, 0.15) is 74.1 Å². The van der Waals surface area contributed by atoms with Crippen molar-refractivity contribution in [2.75, 3.05) is 0 Å². The Morgan fingerprint density at radius 2 is 1.46 bits per heavy atom. The van der Waals surface area contributed by atoms with E-state index in [0.29, 0.717) is 0 Å². The van der Waals surface area contributed by atoms with Crippen molar-refractivity contribution < 1.29 is 0 Å². The molecule has 0 bridgehead atoms. The van der Waals surface area contributed by atoms with Gasteiger partial charge in [-0.2, -0.15) is 0 Å². The highest BCUT2D eigenvalue weighted by molar-refractivity contribution is 5.34. The van der Waals surface area contributed by atoms with Gasteiger partial charge in [0.15, 0.2) is 0 Å². The van der Waals surface area contributed by atoms with Gasteiger partial charge in [-0.25, -0.2) is 0 Å². The van der Waals surface area contributed by atoms with E-state index in [-0.39, 0.29) is 0 Å². The van der Waals surface area contributed by atoms with Gasteiger partial charge in [0.05, 0.1) is 0 Å². The van der Waals surface area contributed by atoms with Gasteiger partial charge in [-0.15, -0.1) is 0 Å². The number of aryl methyl sites for hydroxylation is 3. The molecule has 24 heavy (non-hydrogen) atoms. The van der Waals surface area contributed by atoms with Gasteiger partial charge in [0, 0.05) is 0 Å². The van der Waals surface area contributed by atoms with Crippen molar-refractivity contribution in [3.63, 3.8) is 0 Å². The standard InChI is InChI=1S/C24H33/c1-3-4-8-20-24-21(2)14-13-19-23(24)18-12-6-5-9-15-22-16-10-7-11-17-22/h7,10-11,13-14,16-17H,3-6,8-9,12,15,18,20H2,1-2H3. The van der Waals surface area contributed by atoms with Crippen LogP contribution in [0.3, 0.4) is 0 Å². The molecule has 129 valence electrons. The average molecular weight is 322 g/mol. The zero-order valence-corrected chi connectivity index (χ0v) is 15.6. The fraction of sp³-hybridized carbons (Fsp3) is 0.500. The van der Waals surface area contributed by atoms with Crippen molar-refractivity contribution in [3.05, 3.63) is 70.8 Å². The van der Waals surface area contributed by atoms with Gasteiger partial charge >= 0.3 is 0 Å². The number of rotatable bonds is 11. The van der Waals surface area contributed by atoms with Crippen molar-refractivity contribution in [2.45, 2.75) is 78.1 Å². The van der Waals surface area contributed by atoms with E-state index in [9.17, 15) is 0 Å². The molecule has 0 unspecified atom stereocenters. The first-order valence-electron chi connectivity index (χ1n) is 9.84. The molecule has 0 aliphatic rings. The van der Waals surface area contributed by atoms with Crippen molar-refractivity contribution >= 4 is 0 Å². The minimum Gasteiger partial charge on any atom is -0.0654 e. The van der Waals surface area contributed by atoms with Gasteiger partial charge < -0.3 is 0 Å². The van der Waals surface area contributed by atoms with Crippen LogP contribution in [0.4, 0.5) is 0 Å². The summed E-state index contributed by atoms with van der Waals surface area (Å²) in [6.45, 7) is 4.54. The normalized spacial score (nSPS) is 10.9. The van der Waals surface area contributed by atoms with E-state index < -0.39 is 0 Å². The van der Waals surface area contributed by atoms with Crippen LogP contribution in [-0.2, 0) is 19.3 Å². The molecule has 0 nitrogen and oxygen atoms in total. The smallest absolute Gasteiger partial charge is 0.0146 e. The average Bonchev–Trinajstić information content (AvgIpc) is 2.61. The molecule has 0 saturated heterocycles. The van der Waals surface area contributed by atoms with Crippen LogP contribution in [0.15, 0.2) is 42.5 Å². The molecule has 0 saturated carbocycles. The zero-order valence-electron chi connectivity index (χ0n) is 15.6. The number of hydrogen-bond acceptors (Lipinski definition) is 0. The van der Waals surface area contributed by atoms with Gasteiger partial charge in [-0.1, -0.05) is 75.1 Å². The lowest BCUT2D eigenvalue weighted by molar-refractivity contribution is 0.636. The second kappa shape index (κ2) is 11.1. The molecule has 2 aromatic rings. The quantitative estimate of drug-likeness (QED) is 0.396. The van der Waals surface area contributed by atoms with Crippen LogP contribution < -0.4 is 0 Å². The highest BCUT2D eigenvalue weighted by Crippen LogP contribution is 2.20. The molecule has 0 heteroatoms. The monoisotopic (exact) mass is 321 g/mol. The first-order valence-corrected chi connectivity index (χ1v) is 9.84. The third-order valence-corrected chi connectivity index (χ3v) is 4.95. The minimum absolute atomic E-state index is 1.20. The molecular formula is C24H33. The van der Waals surface area contributed by atoms with Crippen LogP contribution in [0.5, 0.6) is 0 Å². The van der Waals surface area contributed by atoms with Crippen molar-refractivity contribution in [2.24, 2.45) is 0 Å². The maximum absolute atomic E-state index is 3.52. The summed E-state index contributed by atoms with van der Waals surface area (Å²) in [4.78, 5) is 0. The summed E-state index contributed by atoms with van der Waals surface area (Å²) < 4.78 is 0. The lowest BCUT2D eigenvalue weighted by atomic mass is 9.93. The maximum Gasteiger partial charge on any atom is -0.0146 e. The van der Waals surface area contributed by atoms with Gasteiger partial charge in [0.1, 0.15) is 0 Å². The second-order valence-electron chi connectivity index (χ2n) is 6.97. The number of unbranched alkanes of at least 4 members (excludes halogenated alkanes) is 5. The van der Waals surface area contributed by atoms with Gasteiger partial charge in [-0.3, -0.25) is 0 Å². The highest BCUT2D eigenvalue weighted by Gasteiger charge is 2.05. The Hall–Kier alpha value is -1.56. The van der Waals surface area contributed by atoms with E-state index in [1.165, 1.54) is 80.9 Å². The van der Waals surface area contributed by atoms with Crippen LogP contribution in [0.25, 0.3) is 0 Å². The summed E-state index contributed by atoms with van der Waals surface area (Å²) in [6, 6.07) is 18.7. The number of hydrogen-bond donors (Lipinski definition) is 0. The van der Waals surface area contributed by atoms with E-state index in [1.807, 2.05) is 0 Å². The van der Waals surface area contributed by atoms with Crippen LogP contribution in [0.2, 0.25) is 0 Å². The lowest BCUT2D eigenvalue weighted by Crippen LogP contribution is -1.99. The molecule has 0 aliphatic heterocycles. The Labute approximate surface area is 149 Å². The molecule has 0 N–H and O–H groups in total. The first kappa shape index (κ1) is 18.8. The predicted octanol–water partition coefficient (Wildman–Crippen LogP) is 6.87. The van der Waals surface area contributed by atoms with Crippen LogP contribution >= 0.6 is 0 Å². The fourth-order valence-electron chi connectivity index (χ4n) is 3.44. The molecule has 0 aromatic heterocycles. The Bertz CT molecular complexity index is 568. The SMILES string of the molecule is CCCCCc1c(CCCCCCc2ccccc2)[c]ccc1C. The van der Waals surface area contributed by atoms with E-state index in [4.69, 9.17) is 0 Å². The zero-order chi connectivity index (χ0) is 17.0. The molecule has 0 heterocycles. The van der Waals surface area contributed by atoms with Crippen LogP contribution in [0, 0.1) is 13.0 Å². The second-order valence-corrected chi connectivity index (χ2v) is 6.97. The molecule has 0 spiro atoms. The van der Waals surface area contributed by atoms with Gasteiger partial charge in [0.25, 0.3) is 0 Å². The van der Waals surface area contributed by atoms with E-state index in [2.05, 4.69) is 62.4 Å². The summed E-state index contributed by atoms with van der Waals surface area (Å²) in [6.07, 6.45) is 12.9. The Morgan fingerprint density at radius 1 is 0.750 bits per heavy atom. The van der Waals surface area contributed by atoms with E-state index in [0.717, 1.165) is 0 Å². The largest absolute Gasteiger partial charge is 0.0654 e. The predicted molar refractivity (Wildman–Crippen MR) is 106 cm³/mol. The fourth-order valence-corrected chi connectivity index (χ4v) is 3.44. The minimum atomic E-state index is 1.20. The van der Waals surface area contributed by atoms with Gasteiger partial charge in [0.2, 0.25) is 0 Å². The summed E-state index contributed by atoms with van der Waals surface area (Å²) in [5.74, 6) is 0. The Balaban J connectivity index is 1.70. The van der Waals surface area contributed by atoms with E-state index >= 15 is 0 Å². The molecular weight excluding hydrogens is 288 g/mol. The van der Waals surface area contributed by atoms with Crippen LogP contribution in [-0.4, -0.2) is 0 Å². The molecule has 0 amide bonds. The third kappa shape index (κ3) is 6.51. The Morgan fingerprint density at radius 3 is 2.21 bits per heavy atom. The van der Waals surface area contributed by atoms with Crippen molar-refractivity contribution in [3.8, 4) is 0 Å². The third-order valence-electron chi connectivity index (χ3n) is 4.95. The molecule has 0 fully saturated rings. The van der Waals surface area contributed by atoms with Gasteiger partial charge in [-0.05, 0) is 73.8 Å². The summed E-state index contributed by atoms with van der Waals surface area (Å²) >= 11 is 0. The molecule has 1 radical (unpaired) electrons. The highest BCUT2D eigenvalue weighted by atomic mass is 14.1. The van der Waals surface area contributed by atoms with Crippen molar-refractivity contribution in [1.29, 1.82) is 0 Å².